The summed E-state index contributed by atoms with van der Waals surface area (Å²) in [4.78, 5) is 18.7. The van der Waals surface area contributed by atoms with Gasteiger partial charge in [-0.2, -0.15) is 4.98 Å². The molecule has 1 aliphatic heterocycles. The fourth-order valence-corrected chi connectivity index (χ4v) is 3.17. The first-order chi connectivity index (χ1) is 12.3. The summed E-state index contributed by atoms with van der Waals surface area (Å²) in [5.41, 5.74) is 2.14. The van der Waals surface area contributed by atoms with E-state index in [4.69, 9.17) is 4.52 Å². The highest BCUT2D eigenvalue weighted by Gasteiger charge is 2.33. The molecule has 126 valence electrons. The second-order valence-corrected chi connectivity index (χ2v) is 6.30. The number of aromatic nitrogens is 2. The maximum atomic E-state index is 12.3. The molecule has 0 N–H and O–H groups in total. The molecule has 1 amide bonds. The maximum absolute atomic E-state index is 12.3. The van der Waals surface area contributed by atoms with E-state index in [1.54, 1.807) is 0 Å². The molecule has 2 heterocycles. The summed E-state index contributed by atoms with van der Waals surface area (Å²) in [6.45, 7) is 1.38. The van der Waals surface area contributed by atoms with Crippen LogP contribution in [0, 0.1) is 0 Å². The quantitative estimate of drug-likeness (QED) is 0.719. The van der Waals surface area contributed by atoms with Crippen molar-refractivity contribution in [3.63, 3.8) is 0 Å². The molecule has 2 aromatic carbocycles. The van der Waals surface area contributed by atoms with Gasteiger partial charge in [-0.25, -0.2) is 0 Å². The molecule has 0 saturated carbocycles. The predicted octanol–water partition coefficient (Wildman–Crippen LogP) is 3.30. The Hall–Kier alpha value is -2.95. The van der Waals surface area contributed by atoms with Gasteiger partial charge in [-0.15, -0.1) is 0 Å². The molecular formula is C20H19N3O2. The number of nitrogens with zero attached hydrogens (tertiary/aromatic N) is 3. The van der Waals surface area contributed by atoms with Crippen molar-refractivity contribution in [1.29, 1.82) is 0 Å². The summed E-state index contributed by atoms with van der Waals surface area (Å²) in [7, 11) is 0. The predicted molar refractivity (Wildman–Crippen MR) is 93.8 cm³/mol. The summed E-state index contributed by atoms with van der Waals surface area (Å²) in [5.74, 6) is 1.29. The van der Waals surface area contributed by atoms with Crippen LogP contribution in [0.2, 0.25) is 0 Å². The van der Waals surface area contributed by atoms with E-state index in [1.807, 2.05) is 53.4 Å². The monoisotopic (exact) mass is 333 g/mol. The van der Waals surface area contributed by atoms with Gasteiger partial charge in [0.2, 0.25) is 5.91 Å². The van der Waals surface area contributed by atoms with Gasteiger partial charge >= 0.3 is 0 Å². The molecular weight excluding hydrogens is 314 g/mol. The first kappa shape index (κ1) is 15.6. The van der Waals surface area contributed by atoms with Gasteiger partial charge in [0.25, 0.3) is 5.89 Å². The second-order valence-electron chi connectivity index (χ2n) is 6.30. The number of hydrogen-bond donors (Lipinski definition) is 0. The Labute approximate surface area is 146 Å². The first-order valence-electron chi connectivity index (χ1n) is 8.50. The van der Waals surface area contributed by atoms with Crippen LogP contribution < -0.4 is 0 Å². The number of hydrogen-bond acceptors (Lipinski definition) is 4. The number of amides is 1. The minimum Gasteiger partial charge on any atom is -0.342 e. The van der Waals surface area contributed by atoms with Crippen molar-refractivity contribution in [1.82, 2.24) is 15.0 Å². The van der Waals surface area contributed by atoms with Gasteiger partial charge in [-0.05, 0) is 24.1 Å². The number of benzene rings is 2. The minimum atomic E-state index is 0.00415. The van der Waals surface area contributed by atoms with E-state index in [-0.39, 0.29) is 11.8 Å². The van der Waals surface area contributed by atoms with Crippen LogP contribution in [0.3, 0.4) is 0 Å². The zero-order valence-electron chi connectivity index (χ0n) is 13.8. The summed E-state index contributed by atoms with van der Waals surface area (Å²) in [6.07, 6.45) is 1.31. The van der Waals surface area contributed by atoms with E-state index in [0.717, 1.165) is 18.5 Å². The van der Waals surface area contributed by atoms with Gasteiger partial charge in [-0.3, -0.25) is 4.79 Å². The van der Waals surface area contributed by atoms with Crippen molar-refractivity contribution in [3.8, 4) is 11.5 Å². The fraction of sp³-hybridized carbons (Fsp3) is 0.250. The molecule has 0 aliphatic carbocycles. The zero-order valence-corrected chi connectivity index (χ0v) is 13.8. The molecule has 1 fully saturated rings. The number of carbonyl (C=O) groups excluding carboxylic acids is 1. The van der Waals surface area contributed by atoms with Crippen molar-refractivity contribution < 1.29 is 9.32 Å². The Morgan fingerprint density at radius 3 is 2.52 bits per heavy atom. The largest absolute Gasteiger partial charge is 0.342 e. The van der Waals surface area contributed by atoms with Gasteiger partial charge in [0, 0.05) is 31.0 Å². The lowest BCUT2D eigenvalue weighted by Gasteiger charge is -2.15. The molecule has 1 aromatic heterocycles. The Bertz CT molecular complexity index is 846. The Morgan fingerprint density at radius 1 is 1.04 bits per heavy atom. The van der Waals surface area contributed by atoms with Crippen LogP contribution >= 0.6 is 0 Å². The molecule has 4 rings (SSSR count). The van der Waals surface area contributed by atoms with Crippen molar-refractivity contribution in [2.24, 2.45) is 0 Å². The molecule has 1 aliphatic rings. The van der Waals surface area contributed by atoms with E-state index < -0.39 is 0 Å². The smallest absolute Gasteiger partial charge is 0.257 e. The molecule has 1 atom stereocenters. The Kier molecular flexibility index (Phi) is 4.29. The average molecular weight is 333 g/mol. The van der Waals surface area contributed by atoms with Crippen LogP contribution in [0.15, 0.2) is 65.2 Å². The zero-order chi connectivity index (χ0) is 17.1. The topological polar surface area (TPSA) is 59.2 Å². The molecule has 0 spiro atoms. The third kappa shape index (κ3) is 3.45. The van der Waals surface area contributed by atoms with Crippen LogP contribution in [0.25, 0.3) is 11.5 Å². The molecule has 1 saturated heterocycles. The molecule has 3 aromatic rings. The van der Waals surface area contributed by atoms with Gasteiger partial charge < -0.3 is 9.42 Å². The Morgan fingerprint density at radius 2 is 1.76 bits per heavy atom. The van der Waals surface area contributed by atoms with Crippen LogP contribution in [-0.2, 0) is 11.2 Å². The molecule has 5 nitrogen and oxygen atoms in total. The standard InChI is InChI=1S/C20H19N3O2/c24-18-13-17(14-23(18)12-11-15-7-3-1-4-8-15)19-21-20(25-22-19)16-9-5-2-6-10-16/h1-10,17H,11-14H2/t17-/m1/s1. The van der Waals surface area contributed by atoms with E-state index >= 15 is 0 Å². The van der Waals surface area contributed by atoms with Gasteiger partial charge in [-0.1, -0.05) is 53.7 Å². The molecule has 0 bridgehead atoms. The molecule has 5 heteroatoms. The number of likely N-dealkylation sites (tertiary alicyclic amines) is 1. The van der Waals surface area contributed by atoms with E-state index in [1.165, 1.54) is 5.56 Å². The summed E-state index contributed by atoms with van der Waals surface area (Å²) < 4.78 is 5.37. The highest BCUT2D eigenvalue weighted by Crippen LogP contribution is 2.28. The lowest BCUT2D eigenvalue weighted by atomic mass is 10.1. The summed E-state index contributed by atoms with van der Waals surface area (Å²) >= 11 is 0. The lowest BCUT2D eigenvalue weighted by Crippen LogP contribution is -2.27. The van der Waals surface area contributed by atoms with Crippen LogP contribution in [0.4, 0.5) is 0 Å². The fourth-order valence-electron chi connectivity index (χ4n) is 3.17. The SMILES string of the molecule is O=C1C[C@@H](c2noc(-c3ccccc3)n2)CN1CCc1ccccc1. The summed E-state index contributed by atoms with van der Waals surface area (Å²) in [6, 6.07) is 19.9. The average Bonchev–Trinajstić information content (AvgIpc) is 3.29. The van der Waals surface area contributed by atoms with Crippen molar-refractivity contribution >= 4 is 5.91 Å². The molecule has 0 radical (unpaired) electrons. The van der Waals surface area contributed by atoms with Gasteiger partial charge in [0.15, 0.2) is 5.82 Å². The van der Waals surface area contributed by atoms with Gasteiger partial charge in [0.05, 0.1) is 0 Å². The molecule has 0 unspecified atom stereocenters. The van der Waals surface area contributed by atoms with Crippen molar-refractivity contribution in [2.45, 2.75) is 18.8 Å². The lowest BCUT2D eigenvalue weighted by molar-refractivity contribution is -0.127. The minimum absolute atomic E-state index is 0.00415. The van der Waals surface area contributed by atoms with Crippen LogP contribution in [-0.4, -0.2) is 34.0 Å². The van der Waals surface area contributed by atoms with Crippen molar-refractivity contribution in [2.75, 3.05) is 13.1 Å². The number of rotatable bonds is 5. The molecule has 25 heavy (non-hydrogen) atoms. The highest BCUT2D eigenvalue weighted by molar-refractivity contribution is 5.79. The first-order valence-corrected chi connectivity index (χ1v) is 8.50. The third-order valence-corrected chi connectivity index (χ3v) is 4.56. The third-order valence-electron chi connectivity index (χ3n) is 4.56. The highest BCUT2D eigenvalue weighted by atomic mass is 16.5. The summed E-state index contributed by atoms with van der Waals surface area (Å²) in [5, 5.41) is 4.10. The normalized spacial score (nSPS) is 17.2. The maximum Gasteiger partial charge on any atom is 0.257 e. The van der Waals surface area contributed by atoms with Crippen molar-refractivity contribution in [3.05, 3.63) is 72.1 Å². The number of carbonyl (C=O) groups is 1. The van der Waals surface area contributed by atoms with Gasteiger partial charge in [0.1, 0.15) is 0 Å². The van der Waals surface area contributed by atoms with E-state index in [9.17, 15) is 4.79 Å². The van der Waals surface area contributed by atoms with E-state index in [2.05, 4.69) is 22.3 Å². The Balaban J connectivity index is 1.41. The van der Waals surface area contributed by atoms with E-state index in [0.29, 0.717) is 24.7 Å². The van der Waals surface area contributed by atoms with Crippen LogP contribution in [0.1, 0.15) is 23.7 Å². The second kappa shape index (κ2) is 6.89. The van der Waals surface area contributed by atoms with Crippen LogP contribution in [0.5, 0.6) is 0 Å².